The van der Waals surface area contributed by atoms with Gasteiger partial charge in [-0.2, -0.15) is 0 Å². The lowest BCUT2D eigenvalue weighted by Gasteiger charge is -2.22. The summed E-state index contributed by atoms with van der Waals surface area (Å²) >= 11 is 1.32. The predicted molar refractivity (Wildman–Crippen MR) is 81.5 cm³/mol. The Balaban J connectivity index is 1.91. The first-order chi connectivity index (χ1) is 9.44. The Bertz CT molecular complexity index is 521. The average molecular weight is 318 g/mol. The molecule has 2 N–H and O–H groups in total. The summed E-state index contributed by atoms with van der Waals surface area (Å²) in [6, 6.07) is 0.0457. The molecule has 1 aromatic heterocycles. The first-order valence-corrected chi connectivity index (χ1v) is 9.48. The van der Waals surface area contributed by atoms with Gasteiger partial charge in [0, 0.05) is 12.5 Å². The van der Waals surface area contributed by atoms with Crippen molar-refractivity contribution in [3.05, 3.63) is 5.01 Å². The first kappa shape index (κ1) is 15.7. The number of sulfonamides is 1. The van der Waals surface area contributed by atoms with Crippen molar-refractivity contribution in [1.29, 1.82) is 0 Å². The second-order valence-corrected chi connectivity index (χ2v) is 8.46. The van der Waals surface area contributed by atoms with Gasteiger partial charge in [-0.15, -0.1) is 10.2 Å². The molecule has 1 saturated heterocycles. The summed E-state index contributed by atoms with van der Waals surface area (Å²) in [7, 11) is -3.35. The van der Waals surface area contributed by atoms with Gasteiger partial charge >= 0.3 is 0 Å². The molecule has 0 radical (unpaired) electrons. The molecule has 1 aromatic rings. The van der Waals surface area contributed by atoms with Gasteiger partial charge in [-0.05, 0) is 25.3 Å². The molecule has 1 aliphatic rings. The third-order valence-corrected chi connectivity index (χ3v) is 5.46. The van der Waals surface area contributed by atoms with Crippen molar-refractivity contribution in [2.45, 2.75) is 45.6 Å². The number of hydrogen-bond donors (Lipinski definition) is 2. The molecule has 2 rings (SSSR count). The second-order valence-electron chi connectivity index (χ2n) is 5.63. The minimum Gasteiger partial charge on any atom is -0.313 e. The van der Waals surface area contributed by atoms with E-state index in [0.29, 0.717) is 11.0 Å². The van der Waals surface area contributed by atoms with Crippen molar-refractivity contribution in [2.24, 2.45) is 5.92 Å². The molecular formula is C12H22N4O2S2. The molecule has 1 atom stereocenters. The minimum atomic E-state index is -3.35. The van der Waals surface area contributed by atoms with Crippen LogP contribution in [0, 0.1) is 5.92 Å². The molecule has 1 aliphatic heterocycles. The molecule has 0 aromatic carbocycles. The highest BCUT2D eigenvalue weighted by molar-refractivity contribution is 7.92. The first-order valence-electron chi connectivity index (χ1n) is 7.01. The SMILES string of the molecule is CC(C)Cc1nnc(NS(=O)(=O)CC2CCCCN2)s1. The number of hydrogen-bond acceptors (Lipinski definition) is 6. The Morgan fingerprint density at radius 3 is 2.85 bits per heavy atom. The van der Waals surface area contributed by atoms with E-state index >= 15 is 0 Å². The molecule has 8 heteroatoms. The van der Waals surface area contributed by atoms with Gasteiger partial charge in [0.2, 0.25) is 15.2 Å². The summed E-state index contributed by atoms with van der Waals surface area (Å²) in [6.07, 6.45) is 3.95. The van der Waals surface area contributed by atoms with Crippen LogP contribution in [-0.2, 0) is 16.4 Å². The number of piperidine rings is 1. The molecule has 1 unspecified atom stereocenters. The van der Waals surface area contributed by atoms with Gasteiger partial charge in [0.25, 0.3) is 0 Å². The molecule has 6 nitrogen and oxygen atoms in total. The van der Waals surface area contributed by atoms with Crippen LogP contribution in [0.4, 0.5) is 5.13 Å². The van der Waals surface area contributed by atoms with E-state index < -0.39 is 10.0 Å². The maximum atomic E-state index is 12.1. The normalized spacial score (nSPS) is 20.2. The van der Waals surface area contributed by atoms with Crippen LogP contribution in [0.3, 0.4) is 0 Å². The summed E-state index contributed by atoms with van der Waals surface area (Å²) in [5.41, 5.74) is 0. The summed E-state index contributed by atoms with van der Waals surface area (Å²) in [4.78, 5) is 0. The maximum absolute atomic E-state index is 12.1. The number of aromatic nitrogens is 2. The Morgan fingerprint density at radius 2 is 2.20 bits per heavy atom. The van der Waals surface area contributed by atoms with Crippen LogP contribution in [0.2, 0.25) is 0 Å². The molecule has 1 fully saturated rings. The summed E-state index contributed by atoms with van der Waals surface area (Å²) < 4.78 is 26.7. The summed E-state index contributed by atoms with van der Waals surface area (Å²) in [6.45, 7) is 5.09. The van der Waals surface area contributed by atoms with E-state index in [1.165, 1.54) is 11.3 Å². The molecule has 0 spiro atoms. The third-order valence-electron chi connectivity index (χ3n) is 3.13. The lowest BCUT2D eigenvalue weighted by atomic mass is 10.1. The van der Waals surface area contributed by atoms with Crippen molar-refractivity contribution >= 4 is 26.5 Å². The van der Waals surface area contributed by atoms with Crippen LogP contribution in [0.25, 0.3) is 0 Å². The van der Waals surface area contributed by atoms with Crippen LogP contribution >= 0.6 is 11.3 Å². The lowest BCUT2D eigenvalue weighted by Crippen LogP contribution is -2.40. The molecule has 0 amide bonds. The Kier molecular flexibility index (Phi) is 5.34. The number of nitrogens with zero attached hydrogens (tertiary/aromatic N) is 2. The van der Waals surface area contributed by atoms with Crippen LogP contribution in [0.5, 0.6) is 0 Å². The van der Waals surface area contributed by atoms with Gasteiger partial charge in [-0.1, -0.05) is 31.6 Å². The van der Waals surface area contributed by atoms with Crippen molar-refractivity contribution in [3.8, 4) is 0 Å². The van der Waals surface area contributed by atoms with Gasteiger partial charge in [0.15, 0.2) is 0 Å². The van der Waals surface area contributed by atoms with E-state index in [4.69, 9.17) is 0 Å². The number of nitrogens with one attached hydrogen (secondary N) is 2. The second kappa shape index (κ2) is 6.82. The number of anilines is 1. The highest BCUT2D eigenvalue weighted by atomic mass is 32.2. The number of rotatable bonds is 6. The van der Waals surface area contributed by atoms with E-state index in [1.807, 2.05) is 0 Å². The summed E-state index contributed by atoms with van der Waals surface area (Å²) in [5.74, 6) is 0.588. The maximum Gasteiger partial charge on any atom is 0.236 e. The van der Waals surface area contributed by atoms with Crippen LogP contribution in [0.1, 0.15) is 38.1 Å². The zero-order valence-electron chi connectivity index (χ0n) is 11.9. The van der Waals surface area contributed by atoms with Crippen LogP contribution in [-0.4, -0.2) is 37.0 Å². The Morgan fingerprint density at radius 1 is 1.40 bits per heavy atom. The zero-order chi connectivity index (χ0) is 14.6. The van der Waals surface area contributed by atoms with Crippen LogP contribution < -0.4 is 10.0 Å². The molecule has 0 aliphatic carbocycles. The van der Waals surface area contributed by atoms with Gasteiger partial charge in [0.05, 0.1) is 5.75 Å². The highest BCUT2D eigenvalue weighted by Crippen LogP contribution is 2.20. The molecular weight excluding hydrogens is 296 g/mol. The average Bonchev–Trinajstić information content (AvgIpc) is 2.75. The standard InChI is InChI=1S/C12H22N4O2S2/c1-9(2)7-11-14-15-12(19-11)16-20(17,18)8-10-5-3-4-6-13-10/h9-10,13H,3-8H2,1-2H3,(H,15,16). The molecule has 114 valence electrons. The summed E-state index contributed by atoms with van der Waals surface area (Å²) in [5, 5.41) is 12.4. The van der Waals surface area contributed by atoms with E-state index in [0.717, 1.165) is 37.2 Å². The van der Waals surface area contributed by atoms with Crippen molar-refractivity contribution in [1.82, 2.24) is 15.5 Å². The van der Waals surface area contributed by atoms with Gasteiger partial charge < -0.3 is 5.32 Å². The minimum absolute atomic E-state index is 0.0457. The fourth-order valence-electron chi connectivity index (χ4n) is 2.23. The van der Waals surface area contributed by atoms with Gasteiger partial charge in [-0.25, -0.2) is 8.42 Å². The Hall–Kier alpha value is -0.730. The Labute approximate surface area is 124 Å². The zero-order valence-corrected chi connectivity index (χ0v) is 13.6. The van der Waals surface area contributed by atoms with E-state index in [-0.39, 0.29) is 11.8 Å². The van der Waals surface area contributed by atoms with Gasteiger partial charge in [0.1, 0.15) is 5.01 Å². The third kappa shape index (κ3) is 4.99. The van der Waals surface area contributed by atoms with Crippen LogP contribution in [0.15, 0.2) is 0 Å². The van der Waals surface area contributed by atoms with E-state index in [1.54, 1.807) is 0 Å². The smallest absolute Gasteiger partial charge is 0.236 e. The molecule has 0 bridgehead atoms. The predicted octanol–water partition coefficient (Wildman–Crippen LogP) is 1.62. The van der Waals surface area contributed by atoms with Crippen molar-refractivity contribution in [3.63, 3.8) is 0 Å². The van der Waals surface area contributed by atoms with Crippen molar-refractivity contribution < 1.29 is 8.42 Å². The molecule has 0 saturated carbocycles. The lowest BCUT2D eigenvalue weighted by molar-refractivity contribution is 0.424. The fourth-order valence-corrected chi connectivity index (χ4v) is 4.79. The monoisotopic (exact) mass is 318 g/mol. The van der Waals surface area contributed by atoms with E-state index in [9.17, 15) is 8.42 Å². The van der Waals surface area contributed by atoms with Gasteiger partial charge in [-0.3, -0.25) is 4.72 Å². The largest absolute Gasteiger partial charge is 0.313 e. The van der Waals surface area contributed by atoms with E-state index in [2.05, 4.69) is 34.1 Å². The molecule has 2 heterocycles. The topological polar surface area (TPSA) is 84.0 Å². The quantitative estimate of drug-likeness (QED) is 0.832. The fraction of sp³-hybridized carbons (Fsp3) is 0.833. The van der Waals surface area contributed by atoms with Crippen molar-refractivity contribution in [2.75, 3.05) is 17.0 Å². The highest BCUT2D eigenvalue weighted by Gasteiger charge is 2.22. The molecule has 20 heavy (non-hydrogen) atoms.